The van der Waals surface area contributed by atoms with Crippen molar-refractivity contribution >= 4 is 6.29 Å². The van der Waals surface area contributed by atoms with E-state index in [4.69, 9.17) is 0 Å². The maximum atomic E-state index is 13.8. The second-order valence-electron chi connectivity index (χ2n) is 3.28. The smallest absolute Gasteiger partial charge is 0.243 e. The van der Waals surface area contributed by atoms with E-state index < -0.39 is 5.79 Å². The van der Waals surface area contributed by atoms with Crippen molar-refractivity contribution in [3.63, 3.8) is 0 Å². The van der Waals surface area contributed by atoms with Crippen LogP contribution in [0.25, 0.3) is 0 Å². The molecule has 2 unspecified atom stereocenters. The van der Waals surface area contributed by atoms with Crippen LogP contribution in [0, 0.1) is 0 Å². The van der Waals surface area contributed by atoms with Crippen molar-refractivity contribution in [3.8, 4) is 0 Å². The van der Waals surface area contributed by atoms with Crippen LogP contribution in [0.1, 0.15) is 24.1 Å². The van der Waals surface area contributed by atoms with Crippen LogP contribution in [0.2, 0.25) is 0 Å². The monoisotopic (exact) mass is 179 g/mol. The Hall–Kier alpha value is -1.22. The number of fused-ring (bicyclic) bond motifs is 1. The molecule has 0 fully saturated rings. The van der Waals surface area contributed by atoms with Crippen molar-refractivity contribution in [1.29, 1.82) is 0 Å². The first-order chi connectivity index (χ1) is 6.17. The van der Waals surface area contributed by atoms with Gasteiger partial charge in [-0.1, -0.05) is 24.3 Å². The van der Waals surface area contributed by atoms with E-state index in [1.807, 2.05) is 19.1 Å². The fraction of sp³-hybridized carbons (Fsp3) is 0.300. The van der Waals surface area contributed by atoms with E-state index in [1.54, 1.807) is 12.1 Å². The van der Waals surface area contributed by atoms with Crippen molar-refractivity contribution in [2.45, 2.75) is 18.8 Å². The first-order valence-corrected chi connectivity index (χ1v) is 4.20. The molecule has 1 N–H and O–H groups in total. The van der Waals surface area contributed by atoms with E-state index in [1.165, 1.54) is 0 Å². The first-order valence-electron chi connectivity index (χ1n) is 4.20. The molecule has 2 atom stereocenters. The molecule has 3 heteroatoms. The molecule has 2 rings (SSSR count). The Labute approximate surface area is 75.8 Å². The molecule has 0 saturated heterocycles. The van der Waals surface area contributed by atoms with Gasteiger partial charge in [-0.05, 0) is 12.5 Å². The zero-order chi connectivity index (χ0) is 9.47. The predicted octanol–water partition coefficient (Wildman–Crippen LogP) is 1.67. The fourth-order valence-corrected chi connectivity index (χ4v) is 1.77. The SMILES string of the molecule is CC1NC(F)(C=O)c2ccccc21. The van der Waals surface area contributed by atoms with Crippen LogP contribution in [0.3, 0.4) is 0 Å². The van der Waals surface area contributed by atoms with E-state index in [0.29, 0.717) is 11.8 Å². The van der Waals surface area contributed by atoms with Gasteiger partial charge in [-0.2, -0.15) is 0 Å². The van der Waals surface area contributed by atoms with Crippen LogP contribution >= 0.6 is 0 Å². The summed E-state index contributed by atoms with van der Waals surface area (Å²) in [6.45, 7) is 1.84. The van der Waals surface area contributed by atoms with Crippen LogP contribution in [0.4, 0.5) is 4.39 Å². The van der Waals surface area contributed by atoms with Crippen LogP contribution < -0.4 is 5.32 Å². The summed E-state index contributed by atoms with van der Waals surface area (Å²) in [6, 6.07) is 6.94. The molecular weight excluding hydrogens is 169 g/mol. The number of hydrogen-bond acceptors (Lipinski definition) is 2. The minimum atomic E-state index is -1.99. The predicted molar refractivity (Wildman–Crippen MR) is 46.8 cm³/mol. The standard InChI is InChI=1S/C10H10FNO/c1-7-8-4-2-3-5-9(8)10(11,6-13)12-7/h2-7,12H,1H3. The number of halogens is 1. The summed E-state index contributed by atoms with van der Waals surface area (Å²) < 4.78 is 13.8. The lowest BCUT2D eigenvalue weighted by Gasteiger charge is -2.13. The van der Waals surface area contributed by atoms with Crippen molar-refractivity contribution in [3.05, 3.63) is 35.4 Å². The van der Waals surface area contributed by atoms with Crippen LogP contribution in [-0.2, 0) is 10.6 Å². The molecule has 0 spiro atoms. The highest BCUT2D eigenvalue weighted by Crippen LogP contribution is 2.36. The van der Waals surface area contributed by atoms with Crippen LogP contribution in [0.15, 0.2) is 24.3 Å². The minimum Gasteiger partial charge on any atom is -0.298 e. The second kappa shape index (κ2) is 2.64. The third kappa shape index (κ3) is 1.08. The van der Waals surface area contributed by atoms with Gasteiger partial charge in [-0.25, -0.2) is 4.39 Å². The third-order valence-corrected chi connectivity index (χ3v) is 2.41. The fourth-order valence-electron chi connectivity index (χ4n) is 1.77. The molecule has 0 saturated carbocycles. The highest BCUT2D eigenvalue weighted by Gasteiger charge is 2.41. The molecule has 0 radical (unpaired) electrons. The van der Waals surface area contributed by atoms with Gasteiger partial charge in [-0.15, -0.1) is 0 Å². The van der Waals surface area contributed by atoms with Crippen molar-refractivity contribution < 1.29 is 9.18 Å². The number of carbonyl (C=O) groups excluding carboxylic acids is 1. The summed E-state index contributed by atoms with van der Waals surface area (Å²) >= 11 is 0. The summed E-state index contributed by atoms with van der Waals surface area (Å²) in [5.41, 5.74) is 1.30. The Kier molecular flexibility index (Phi) is 1.70. The molecule has 1 aromatic rings. The van der Waals surface area contributed by atoms with Gasteiger partial charge in [0.2, 0.25) is 5.79 Å². The van der Waals surface area contributed by atoms with Gasteiger partial charge in [0.15, 0.2) is 6.29 Å². The zero-order valence-electron chi connectivity index (χ0n) is 7.25. The molecule has 2 nitrogen and oxygen atoms in total. The van der Waals surface area contributed by atoms with Crippen molar-refractivity contribution in [2.75, 3.05) is 0 Å². The van der Waals surface area contributed by atoms with Gasteiger partial charge in [0, 0.05) is 11.6 Å². The largest absolute Gasteiger partial charge is 0.298 e. The maximum Gasteiger partial charge on any atom is 0.243 e. The van der Waals surface area contributed by atoms with Gasteiger partial charge in [0.05, 0.1) is 0 Å². The van der Waals surface area contributed by atoms with Gasteiger partial charge < -0.3 is 0 Å². The molecule has 0 aliphatic carbocycles. The molecule has 68 valence electrons. The number of carbonyl (C=O) groups is 1. The van der Waals surface area contributed by atoms with Crippen molar-refractivity contribution in [1.82, 2.24) is 5.32 Å². The summed E-state index contributed by atoms with van der Waals surface area (Å²) in [4.78, 5) is 10.6. The molecular formula is C10H10FNO. The molecule has 1 aliphatic rings. The van der Waals surface area contributed by atoms with Crippen LogP contribution in [0.5, 0.6) is 0 Å². The van der Waals surface area contributed by atoms with E-state index in [9.17, 15) is 9.18 Å². The Morgan fingerprint density at radius 1 is 1.54 bits per heavy atom. The average Bonchev–Trinajstić information content (AvgIpc) is 2.42. The minimum absolute atomic E-state index is 0.105. The lowest BCUT2D eigenvalue weighted by molar-refractivity contribution is -0.120. The average molecular weight is 179 g/mol. The topological polar surface area (TPSA) is 29.1 Å². The Morgan fingerprint density at radius 3 is 2.92 bits per heavy atom. The molecule has 0 bridgehead atoms. The number of aldehydes is 1. The molecule has 1 aliphatic heterocycles. The summed E-state index contributed by atoms with van der Waals surface area (Å²) in [5, 5.41) is 2.61. The van der Waals surface area contributed by atoms with Gasteiger partial charge in [0.25, 0.3) is 0 Å². The summed E-state index contributed by atoms with van der Waals surface area (Å²) in [7, 11) is 0. The highest BCUT2D eigenvalue weighted by atomic mass is 19.1. The van der Waals surface area contributed by atoms with Crippen molar-refractivity contribution in [2.24, 2.45) is 0 Å². The Morgan fingerprint density at radius 2 is 2.23 bits per heavy atom. The van der Waals surface area contributed by atoms with E-state index in [0.717, 1.165) is 5.56 Å². The Bertz CT molecular complexity index is 353. The van der Waals surface area contributed by atoms with Gasteiger partial charge in [-0.3, -0.25) is 10.1 Å². The lowest BCUT2D eigenvalue weighted by Crippen LogP contribution is -2.34. The Balaban J connectivity index is 2.59. The summed E-state index contributed by atoms with van der Waals surface area (Å²) in [5.74, 6) is -1.99. The van der Waals surface area contributed by atoms with Crippen LogP contribution in [-0.4, -0.2) is 6.29 Å². The van der Waals surface area contributed by atoms with Gasteiger partial charge >= 0.3 is 0 Å². The zero-order valence-corrected chi connectivity index (χ0v) is 7.25. The second-order valence-corrected chi connectivity index (χ2v) is 3.28. The molecule has 0 aromatic heterocycles. The molecule has 13 heavy (non-hydrogen) atoms. The number of alkyl halides is 1. The number of rotatable bonds is 1. The van der Waals surface area contributed by atoms with E-state index >= 15 is 0 Å². The molecule has 0 amide bonds. The highest BCUT2D eigenvalue weighted by molar-refractivity contribution is 5.68. The maximum absolute atomic E-state index is 13.8. The van der Waals surface area contributed by atoms with Gasteiger partial charge in [0.1, 0.15) is 0 Å². The first kappa shape index (κ1) is 8.38. The lowest BCUT2D eigenvalue weighted by atomic mass is 10.0. The normalized spacial score (nSPS) is 31.4. The van der Waals surface area contributed by atoms with E-state index in [-0.39, 0.29) is 6.04 Å². The third-order valence-electron chi connectivity index (χ3n) is 2.41. The molecule has 1 heterocycles. The molecule has 1 aromatic carbocycles. The van der Waals surface area contributed by atoms with E-state index in [2.05, 4.69) is 5.32 Å². The number of nitrogens with one attached hydrogen (secondary N) is 1. The summed E-state index contributed by atoms with van der Waals surface area (Å²) in [6.07, 6.45) is 0.315. The number of hydrogen-bond donors (Lipinski definition) is 1. The number of benzene rings is 1. The quantitative estimate of drug-likeness (QED) is 0.525.